The monoisotopic (exact) mass is 366 g/mol. The van der Waals surface area contributed by atoms with Crippen LogP contribution >= 0.6 is 0 Å². The Hall–Kier alpha value is -2.91. The van der Waals surface area contributed by atoms with Gasteiger partial charge in [-0.15, -0.1) is 0 Å². The van der Waals surface area contributed by atoms with Crippen LogP contribution in [0, 0.1) is 31.0 Å². The molecule has 27 heavy (non-hydrogen) atoms. The van der Waals surface area contributed by atoms with Crippen molar-refractivity contribution < 1.29 is 9.18 Å². The molecule has 140 valence electrons. The molecule has 0 unspecified atom stereocenters. The number of halogens is 1. The first-order valence-electron chi connectivity index (χ1n) is 9.01. The van der Waals surface area contributed by atoms with Crippen LogP contribution in [0.4, 0.5) is 15.8 Å². The molecule has 1 fully saturated rings. The second-order valence-electron chi connectivity index (χ2n) is 6.80. The van der Waals surface area contributed by atoms with Gasteiger partial charge in [-0.25, -0.2) is 4.39 Å². The number of aryl methyl sites for hydroxylation is 1. The maximum absolute atomic E-state index is 13.8. The first-order chi connectivity index (χ1) is 13.0. The Morgan fingerprint density at radius 1 is 1.15 bits per heavy atom. The Labute approximate surface area is 159 Å². The Morgan fingerprint density at radius 2 is 1.85 bits per heavy atom. The summed E-state index contributed by atoms with van der Waals surface area (Å²) in [5, 5.41) is 12.2. The topological polar surface area (TPSA) is 59.4 Å². The average molecular weight is 366 g/mol. The van der Waals surface area contributed by atoms with Crippen molar-refractivity contribution in [3.8, 4) is 6.07 Å². The number of hydrogen-bond donors (Lipinski definition) is 1. The summed E-state index contributed by atoms with van der Waals surface area (Å²) in [5.74, 6) is -0.536. The van der Waals surface area contributed by atoms with Gasteiger partial charge in [-0.1, -0.05) is 18.2 Å². The molecule has 0 aliphatic carbocycles. The molecule has 5 nitrogen and oxygen atoms in total. The second kappa shape index (κ2) is 8.19. The number of hydrogen-bond acceptors (Lipinski definition) is 4. The molecule has 1 saturated heterocycles. The number of benzene rings is 2. The van der Waals surface area contributed by atoms with E-state index in [0.29, 0.717) is 38.4 Å². The molecular formula is C21H23FN4O. The molecule has 0 saturated carbocycles. The van der Waals surface area contributed by atoms with Crippen LogP contribution in [-0.4, -0.2) is 43.5 Å². The fourth-order valence-electron chi connectivity index (χ4n) is 3.31. The van der Waals surface area contributed by atoms with Gasteiger partial charge >= 0.3 is 0 Å². The van der Waals surface area contributed by atoms with Gasteiger partial charge in [-0.2, -0.15) is 5.26 Å². The summed E-state index contributed by atoms with van der Waals surface area (Å²) in [6.07, 6.45) is 0. The van der Waals surface area contributed by atoms with E-state index in [1.54, 1.807) is 12.1 Å². The fourth-order valence-corrected chi connectivity index (χ4v) is 3.31. The zero-order valence-electron chi connectivity index (χ0n) is 15.6. The highest BCUT2D eigenvalue weighted by Crippen LogP contribution is 2.24. The summed E-state index contributed by atoms with van der Waals surface area (Å²) >= 11 is 0. The maximum atomic E-state index is 13.8. The second-order valence-corrected chi connectivity index (χ2v) is 6.80. The van der Waals surface area contributed by atoms with Crippen molar-refractivity contribution in [3.63, 3.8) is 0 Å². The molecule has 6 heteroatoms. The highest BCUT2D eigenvalue weighted by Gasteiger charge is 2.22. The van der Waals surface area contributed by atoms with E-state index in [9.17, 15) is 14.4 Å². The largest absolute Gasteiger partial charge is 0.368 e. The van der Waals surface area contributed by atoms with E-state index in [4.69, 9.17) is 0 Å². The predicted molar refractivity (Wildman–Crippen MR) is 104 cm³/mol. The van der Waals surface area contributed by atoms with Crippen molar-refractivity contribution in [2.45, 2.75) is 13.8 Å². The molecule has 0 radical (unpaired) electrons. The number of carbonyl (C=O) groups is 1. The summed E-state index contributed by atoms with van der Waals surface area (Å²) < 4.78 is 13.8. The van der Waals surface area contributed by atoms with E-state index in [0.717, 1.165) is 16.8 Å². The SMILES string of the molecule is Cc1cccc(NC(=O)CN2CCN(c3cccc(F)c3C#N)CC2)c1C. The molecule has 1 aliphatic heterocycles. The molecule has 1 N–H and O–H groups in total. The Bertz CT molecular complexity index is 882. The van der Waals surface area contributed by atoms with Gasteiger partial charge in [0.25, 0.3) is 0 Å². The predicted octanol–water partition coefficient (Wildman–Crippen LogP) is 3.07. The fraction of sp³-hybridized carbons (Fsp3) is 0.333. The number of nitriles is 1. The Balaban J connectivity index is 1.57. The lowest BCUT2D eigenvalue weighted by atomic mass is 10.1. The van der Waals surface area contributed by atoms with E-state index in [1.807, 2.05) is 43.0 Å². The molecule has 0 bridgehead atoms. The highest BCUT2D eigenvalue weighted by atomic mass is 19.1. The van der Waals surface area contributed by atoms with Gasteiger partial charge in [0.1, 0.15) is 17.4 Å². The third-order valence-electron chi connectivity index (χ3n) is 5.06. The minimum atomic E-state index is -0.495. The van der Waals surface area contributed by atoms with Crippen LogP contribution in [-0.2, 0) is 4.79 Å². The van der Waals surface area contributed by atoms with Crippen LogP contribution in [0.25, 0.3) is 0 Å². The molecular weight excluding hydrogens is 343 g/mol. The van der Waals surface area contributed by atoms with E-state index in [1.165, 1.54) is 6.07 Å². The Kier molecular flexibility index (Phi) is 5.72. The van der Waals surface area contributed by atoms with Crippen LogP contribution in [0.15, 0.2) is 36.4 Å². The number of rotatable bonds is 4. The zero-order valence-corrected chi connectivity index (χ0v) is 15.6. The number of piperazine rings is 1. The molecule has 3 rings (SSSR count). The molecule has 2 aromatic carbocycles. The zero-order chi connectivity index (χ0) is 19.4. The first-order valence-corrected chi connectivity index (χ1v) is 9.01. The van der Waals surface area contributed by atoms with Crippen molar-refractivity contribution in [2.24, 2.45) is 0 Å². The summed E-state index contributed by atoms with van der Waals surface area (Å²) in [6.45, 7) is 6.99. The smallest absolute Gasteiger partial charge is 0.238 e. The first kappa shape index (κ1) is 18.9. The lowest BCUT2D eigenvalue weighted by Crippen LogP contribution is -2.49. The van der Waals surface area contributed by atoms with E-state index < -0.39 is 5.82 Å². The van der Waals surface area contributed by atoms with Crippen LogP contribution in [0.2, 0.25) is 0 Å². The van der Waals surface area contributed by atoms with Gasteiger partial charge in [0.2, 0.25) is 5.91 Å². The number of anilines is 2. The summed E-state index contributed by atoms with van der Waals surface area (Å²) in [6, 6.07) is 12.5. The number of nitrogens with zero attached hydrogens (tertiary/aromatic N) is 3. The van der Waals surface area contributed by atoms with Gasteiger partial charge in [0.05, 0.1) is 12.2 Å². The lowest BCUT2D eigenvalue weighted by molar-refractivity contribution is -0.117. The maximum Gasteiger partial charge on any atom is 0.238 e. The Morgan fingerprint density at radius 3 is 2.56 bits per heavy atom. The van der Waals surface area contributed by atoms with Crippen molar-refractivity contribution in [2.75, 3.05) is 42.9 Å². The van der Waals surface area contributed by atoms with Crippen LogP contribution in [0.1, 0.15) is 16.7 Å². The quantitative estimate of drug-likeness (QED) is 0.903. The molecule has 1 heterocycles. The molecule has 1 amide bonds. The summed E-state index contributed by atoms with van der Waals surface area (Å²) in [5.41, 5.74) is 3.77. The van der Waals surface area contributed by atoms with Gasteiger partial charge in [0, 0.05) is 31.9 Å². The standard InChI is InChI=1S/C21H23FN4O/c1-15-5-3-7-19(16(15)2)24-21(27)14-25-9-11-26(12-10-25)20-8-4-6-18(22)17(20)13-23/h3-8H,9-12,14H2,1-2H3,(H,24,27). The van der Waals surface area contributed by atoms with E-state index in [-0.39, 0.29) is 11.5 Å². The third-order valence-corrected chi connectivity index (χ3v) is 5.06. The normalized spacial score (nSPS) is 14.7. The summed E-state index contributed by atoms with van der Waals surface area (Å²) in [7, 11) is 0. The van der Waals surface area contributed by atoms with Crippen LogP contribution < -0.4 is 10.2 Å². The highest BCUT2D eigenvalue weighted by molar-refractivity contribution is 5.93. The van der Waals surface area contributed by atoms with Gasteiger partial charge in [-0.3, -0.25) is 9.69 Å². The molecule has 0 aromatic heterocycles. The van der Waals surface area contributed by atoms with Crippen LogP contribution in [0.3, 0.4) is 0 Å². The lowest BCUT2D eigenvalue weighted by Gasteiger charge is -2.36. The number of nitrogens with one attached hydrogen (secondary N) is 1. The van der Waals surface area contributed by atoms with E-state index >= 15 is 0 Å². The minimum Gasteiger partial charge on any atom is -0.368 e. The molecule has 1 aliphatic rings. The van der Waals surface area contributed by atoms with Crippen LogP contribution in [0.5, 0.6) is 0 Å². The van der Waals surface area contributed by atoms with Crippen molar-refractivity contribution in [1.29, 1.82) is 5.26 Å². The van der Waals surface area contributed by atoms with Crippen molar-refractivity contribution in [3.05, 3.63) is 58.9 Å². The summed E-state index contributed by atoms with van der Waals surface area (Å²) in [4.78, 5) is 16.5. The van der Waals surface area contributed by atoms with Crippen molar-refractivity contribution in [1.82, 2.24) is 4.90 Å². The molecule has 0 spiro atoms. The molecule has 2 aromatic rings. The van der Waals surface area contributed by atoms with Gasteiger partial charge in [0.15, 0.2) is 0 Å². The number of carbonyl (C=O) groups excluding carboxylic acids is 1. The minimum absolute atomic E-state index is 0.0411. The van der Waals surface area contributed by atoms with Gasteiger partial charge in [-0.05, 0) is 43.2 Å². The molecule has 0 atom stereocenters. The van der Waals surface area contributed by atoms with Crippen molar-refractivity contribution >= 4 is 17.3 Å². The van der Waals surface area contributed by atoms with E-state index in [2.05, 4.69) is 10.2 Å². The van der Waals surface area contributed by atoms with Gasteiger partial charge < -0.3 is 10.2 Å². The third kappa shape index (κ3) is 4.26. The average Bonchev–Trinajstić information content (AvgIpc) is 2.66. The number of amides is 1.